The molecule has 3 heteroatoms. The normalized spacial score (nSPS) is 19.3. The summed E-state index contributed by atoms with van der Waals surface area (Å²) < 4.78 is 0. The zero-order valence-corrected chi connectivity index (χ0v) is 10.5. The second-order valence-corrected chi connectivity index (χ2v) is 4.82. The fourth-order valence-electron chi connectivity index (χ4n) is 2.00. The van der Waals surface area contributed by atoms with Crippen LogP contribution in [0.15, 0.2) is 24.3 Å². The molecule has 17 heavy (non-hydrogen) atoms. The molecule has 2 N–H and O–H groups in total. The van der Waals surface area contributed by atoms with E-state index in [1.54, 1.807) is 0 Å². The van der Waals surface area contributed by atoms with E-state index < -0.39 is 0 Å². The Kier molecular flexibility index (Phi) is 3.67. The minimum atomic E-state index is -0.101. The van der Waals surface area contributed by atoms with Crippen LogP contribution in [-0.4, -0.2) is 18.5 Å². The molecule has 92 valence electrons. The first-order valence-electron chi connectivity index (χ1n) is 6.33. The zero-order valence-electron chi connectivity index (χ0n) is 10.5. The molecule has 1 aromatic carbocycles. The van der Waals surface area contributed by atoms with Crippen LogP contribution >= 0.6 is 0 Å². The van der Waals surface area contributed by atoms with Gasteiger partial charge in [-0.25, -0.2) is 0 Å². The summed E-state index contributed by atoms with van der Waals surface area (Å²) in [6.07, 6.45) is 1.89. The smallest absolute Gasteiger partial charge is 0.242 e. The first-order chi connectivity index (χ1) is 8.20. The number of anilines is 1. The molecule has 2 rings (SSSR count). The molecule has 3 nitrogen and oxygen atoms in total. The van der Waals surface area contributed by atoms with Crippen molar-refractivity contribution in [3.8, 4) is 0 Å². The number of fused-ring (bicyclic) bond motifs is 1. The molecule has 2 atom stereocenters. The van der Waals surface area contributed by atoms with Crippen LogP contribution in [-0.2, 0) is 11.2 Å². The van der Waals surface area contributed by atoms with Crippen molar-refractivity contribution in [2.45, 2.75) is 32.7 Å². The molecule has 1 heterocycles. The molecule has 0 fully saturated rings. The van der Waals surface area contributed by atoms with Crippen LogP contribution in [0.1, 0.15) is 25.8 Å². The Hall–Kier alpha value is -1.51. The molecule has 0 aliphatic carbocycles. The van der Waals surface area contributed by atoms with Crippen LogP contribution in [0.4, 0.5) is 5.69 Å². The van der Waals surface area contributed by atoms with Gasteiger partial charge in [-0.15, -0.1) is 0 Å². The Labute approximate surface area is 103 Å². The lowest BCUT2D eigenvalue weighted by atomic mass is 10.1. The number of para-hydroxylation sites is 1. The first-order valence-corrected chi connectivity index (χ1v) is 6.33. The molecular formula is C14H20N2O. The highest BCUT2D eigenvalue weighted by Gasteiger charge is 2.25. The number of carbonyl (C=O) groups excluding carboxylic acids is 1. The van der Waals surface area contributed by atoms with Gasteiger partial charge in [0, 0.05) is 18.7 Å². The zero-order chi connectivity index (χ0) is 12.3. The monoisotopic (exact) mass is 232 g/mol. The van der Waals surface area contributed by atoms with Gasteiger partial charge in [-0.1, -0.05) is 38.5 Å². The Bertz CT molecular complexity index is 378. The van der Waals surface area contributed by atoms with Crippen molar-refractivity contribution in [3.05, 3.63) is 29.8 Å². The molecule has 0 saturated carbocycles. The van der Waals surface area contributed by atoms with Crippen LogP contribution in [0.5, 0.6) is 0 Å². The number of hydrogen-bond acceptors (Lipinski definition) is 2. The van der Waals surface area contributed by atoms with Gasteiger partial charge in [0.2, 0.25) is 5.91 Å². The van der Waals surface area contributed by atoms with E-state index in [0.717, 1.165) is 25.1 Å². The molecule has 0 spiro atoms. The van der Waals surface area contributed by atoms with Gasteiger partial charge in [-0.2, -0.15) is 0 Å². The van der Waals surface area contributed by atoms with Crippen LogP contribution < -0.4 is 10.6 Å². The molecule has 0 bridgehead atoms. The summed E-state index contributed by atoms with van der Waals surface area (Å²) in [5.41, 5.74) is 2.33. The van der Waals surface area contributed by atoms with Crippen molar-refractivity contribution in [2.24, 2.45) is 5.92 Å². The minimum absolute atomic E-state index is 0.101. The number of amides is 1. The molecule has 0 saturated heterocycles. The average molecular weight is 232 g/mol. The predicted octanol–water partition coefficient (Wildman–Crippen LogP) is 2.19. The highest BCUT2D eigenvalue weighted by Crippen LogP contribution is 2.24. The lowest BCUT2D eigenvalue weighted by molar-refractivity contribution is -0.121. The maximum absolute atomic E-state index is 12.0. The van der Waals surface area contributed by atoms with E-state index in [9.17, 15) is 4.79 Å². The lowest BCUT2D eigenvalue weighted by Crippen LogP contribution is -2.40. The molecule has 1 aliphatic rings. The summed E-state index contributed by atoms with van der Waals surface area (Å²) in [4.78, 5) is 12.0. The molecule has 0 aromatic heterocycles. The standard InChI is InChI=1S/C14H20N2O/c1-3-10(2)9-15-14(17)13-8-11-6-4-5-7-12(11)16-13/h4-7,10,13,16H,3,8-9H2,1-2H3,(H,15,17)/t10?,13-/m0/s1. The van der Waals surface area contributed by atoms with Gasteiger partial charge in [-0.3, -0.25) is 4.79 Å². The van der Waals surface area contributed by atoms with Gasteiger partial charge in [0.25, 0.3) is 0 Å². The quantitative estimate of drug-likeness (QED) is 0.835. The summed E-state index contributed by atoms with van der Waals surface area (Å²) in [7, 11) is 0. The highest BCUT2D eigenvalue weighted by atomic mass is 16.2. The third-order valence-corrected chi connectivity index (χ3v) is 3.41. The number of rotatable bonds is 4. The number of carbonyl (C=O) groups is 1. The lowest BCUT2D eigenvalue weighted by Gasteiger charge is -2.14. The number of nitrogens with one attached hydrogen (secondary N) is 2. The Morgan fingerprint density at radius 1 is 1.53 bits per heavy atom. The fourth-order valence-corrected chi connectivity index (χ4v) is 2.00. The van der Waals surface area contributed by atoms with Crippen molar-refractivity contribution in [1.82, 2.24) is 5.32 Å². The summed E-state index contributed by atoms with van der Waals surface area (Å²) >= 11 is 0. The second kappa shape index (κ2) is 5.21. The van der Waals surface area contributed by atoms with E-state index in [1.165, 1.54) is 5.56 Å². The molecule has 1 amide bonds. The number of hydrogen-bond donors (Lipinski definition) is 2. The van der Waals surface area contributed by atoms with Crippen molar-refractivity contribution >= 4 is 11.6 Å². The van der Waals surface area contributed by atoms with Crippen LogP contribution in [0, 0.1) is 5.92 Å². The van der Waals surface area contributed by atoms with Crippen molar-refractivity contribution < 1.29 is 4.79 Å². The van der Waals surface area contributed by atoms with Crippen LogP contribution in [0.25, 0.3) is 0 Å². The Morgan fingerprint density at radius 2 is 2.29 bits per heavy atom. The number of benzene rings is 1. The predicted molar refractivity (Wildman–Crippen MR) is 70.0 cm³/mol. The Morgan fingerprint density at radius 3 is 3.00 bits per heavy atom. The molecule has 1 aliphatic heterocycles. The Balaban J connectivity index is 1.88. The molecule has 1 unspecified atom stereocenters. The summed E-state index contributed by atoms with van der Waals surface area (Å²) in [5, 5.41) is 6.27. The molecule has 0 radical (unpaired) electrons. The minimum Gasteiger partial charge on any atom is -0.373 e. The largest absolute Gasteiger partial charge is 0.373 e. The maximum atomic E-state index is 12.0. The van der Waals surface area contributed by atoms with E-state index in [1.807, 2.05) is 18.2 Å². The molecular weight excluding hydrogens is 212 g/mol. The summed E-state index contributed by atoms with van der Waals surface area (Å²) in [6.45, 7) is 5.06. The van der Waals surface area contributed by atoms with Crippen molar-refractivity contribution in [2.75, 3.05) is 11.9 Å². The van der Waals surface area contributed by atoms with Gasteiger partial charge < -0.3 is 10.6 Å². The van der Waals surface area contributed by atoms with Gasteiger partial charge >= 0.3 is 0 Å². The van der Waals surface area contributed by atoms with E-state index in [0.29, 0.717) is 5.92 Å². The summed E-state index contributed by atoms with van der Waals surface area (Å²) in [5.74, 6) is 0.657. The second-order valence-electron chi connectivity index (χ2n) is 4.82. The highest BCUT2D eigenvalue weighted by molar-refractivity contribution is 5.87. The SMILES string of the molecule is CCC(C)CNC(=O)[C@@H]1Cc2ccccc2N1. The third-order valence-electron chi connectivity index (χ3n) is 3.41. The van der Waals surface area contributed by atoms with Gasteiger partial charge in [-0.05, 0) is 17.5 Å². The third kappa shape index (κ3) is 2.78. The van der Waals surface area contributed by atoms with E-state index >= 15 is 0 Å². The van der Waals surface area contributed by atoms with Crippen molar-refractivity contribution in [1.29, 1.82) is 0 Å². The van der Waals surface area contributed by atoms with Gasteiger partial charge in [0.05, 0.1) is 0 Å². The molecule has 1 aromatic rings. The maximum Gasteiger partial charge on any atom is 0.242 e. The topological polar surface area (TPSA) is 41.1 Å². The fraction of sp³-hybridized carbons (Fsp3) is 0.500. The first kappa shape index (κ1) is 12.0. The summed E-state index contributed by atoms with van der Waals surface area (Å²) in [6, 6.07) is 8.00. The van der Waals surface area contributed by atoms with Crippen LogP contribution in [0.2, 0.25) is 0 Å². The average Bonchev–Trinajstić information content (AvgIpc) is 2.79. The van der Waals surface area contributed by atoms with E-state index in [4.69, 9.17) is 0 Å². The van der Waals surface area contributed by atoms with Gasteiger partial charge in [0.1, 0.15) is 6.04 Å². The van der Waals surface area contributed by atoms with Gasteiger partial charge in [0.15, 0.2) is 0 Å². The van der Waals surface area contributed by atoms with E-state index in [-0.39, 0.29) is 11.9 Å². The van der Waals surface area contributed by atoms with Crippen LogP contribution in [0.3, 0.4) is 0 Å². The van der Waals surface area contributed by atoms with E-state index in [2.05, 4.69) is 30.5 Å². The van der Waals surface area contributed by atoms with Crippen molar-refractivity contribution in [3.63, 3.8) is 0 Å².